The van der Waals surface area contributed by atoms with E-state index in [9.17, 15) is 19.0 Å². The number of quaternary nitrogens is 1. The number of hydrogen-bond acceptors (Lipinski definition) is 8. The van der Waals surface area contributed by atoms with E-state index in [4.69, 9.17) is 18.5 Å². The van der Waals surface area contributed by atoms with Gasteiger partial charge in [-0.25, -0.2) is 0 Å². The van der Waals surface area contributed by atoms with Crippen LogP contribution in [-0.2, 0) is 32.7 Å². The zero-order chi connectivity index (χ0) is 71.1. The van der Waals surface area contributed by atoms with Crippen molar-refractivity contribution in [2.24, 2.45) is 0 Å². The lowest BCUT2D eigenvalue weighted by atomic mass is 10.0. The molecule has 98 heavy (non-hydrogen) atoms. The zero-order valence-electron chi connectivity index (χ0n) is 64.2. The number of carbonyl (C=O) groups is 2. The fraction of sp³-hybridized carbons (Fsp3) is 0.705. The van der Waals surface area contributed by atoms with Gasteiger partial charge in [0.2, 0.25) is 0 Å². The first-order valence-corrected chi connectivity index (χ1v) is 42.0. The average molecular weight is 1380 g/mol. The van der Waals surface area contributed by atoms with E-state index in [-0.39, 0.29) is 32.0 Å². The second-order valence-electron chi connectivity index (χ2n) is 28.0. The summed E-state index contributed by atoms with van der Waals surface area (Å²) in [4.78, 5) is 38.2. The molecule has 0 aromatic heterocycles. The van der Waals surface area contributed by atoms with Crippen LogP contribution >= 0.6 is 7.82 Å². The van der Waals surface area contributed by atoms with Crippen molar-refractivity contribution >= 4 is 19.8 Å². The molecule has 0 rings (SSSR count). The van der Waals surface area contributed by atoms with Crippen molar-refractivity contribution in [2.45, 2.75) is 354 Å². The summed E-state index contributed by atoms with van der Waals surface area (Å²) in [7, 11) is 1.16. The van der Waals surface area contributed by atoms with Crippen LogP contribution in [0.25, 0.3) is 0 Å². The van der Waals surface area contributed by atoms with E-state index in [1.807, 2.05) is 21.1 Å². The molecule has 0 heterocycles. The summed E-state index contributed by atoms with van der Waals surface area (Å²) in [6.07, 6.45) is 114. The summed E-state index contributed by atoms with van der Waals surface area (Å²) in [6, 6.07) is 0. The van der Waals surface area contributed by atoms with Crippen molar-refractivity contribution in [2.75, 3.05) is 47.5 Å². The monoisotopic (exact) mass is 1380 g/mol. The first kappa shape index (κ1) is 93.9. The molecule has 562 valence electrons. The van der Waals surface area contributed by atoms with Gasteiger partial charge in [-0.1, -0.05) is 365 Å². The number of carbonyl (C=O) groups excluding carboxylic acids is 2. The molecule has 0 saturated carbocycles. The van der Waals surface area contributed by atoms with Crippen LogP contribution in [0.4, 0.5) is 0 Å². The highest BCUT2D eigenvalue weighted by Gasteiger charge is 2.22. The topological polar surface area (TPSA) is 111 Å². The minimum absolute atomic E-state index is 0.0358. The number of unbranched alkanes of at least 4 members (excludes halogenated alkanes) is 36. The Morgan fingerprint density at radius 3 is 0.816 bits per heavy atom. The fourth-order valence-corrected chi connectivity index (χ4v) is 12.0. The van der Waals surface area contributed by atoms with Gasteiger partial charge in [-0.2, -0.15) is 0 Å². The second-order valence-corrected chi connectivity index (χ2v) is 29.4. The van der Waals surface area contributed by atoms with Crippen LogP contribution in [0.15, 0.2) is 146 Å². The van der Waals surface area contributed by atoms with Gasteiger partial charge in [0.25, 0.3) is 7.82 Å². The van der Waals surface area contributed by atoms with Gasteiger partial charge < -0.3 is 27.9 Å². The molecule has 9 nitrogen and oxygen atoms in total. The largest absolute Gasteiger partial charge is 0.756 e. The van der Waals surface area contributed by atoms with E-state index < -0.39 is 26.5 Å². The Morgan fingerprint density at radius 1 is 0.316 bits per heavy atom. The maximum absolute atomic E-state index is 12.9. The molecular weight excluding hydrogens is 1230 g/mol. The Labute approximate surface area is 605 Å². The molecule has 0 aliphatic heterocycles. The molecule has 0 aliphatic rings. The van der Waals surface area contributed by atoms with E-state index in [1.54, 1.807) is 0 Å². The summed E-state index contributed by atoms with van der Waals surface area (Å²) in [6.45, 7) is 4.04. The van der Waals surface area contributed by atoms with Gasteiger partial charge in [-0.3, -0.25) is 14.2 Å². The van der Waals surface area contributed by atoms with E-state index in [2.05, 4.69) is 160 Å². The Hall–Kier alpha value is -4.11. The molecule has 0 amide bonds. The molecule has 0 fully saturated rings. The van der Waals surface area contributed by atoms with Crippen molar-refractivity contribution in [3.8, 4) is 0 Å². The molecule has 0 radical (unpaired) electrons. The number of ether oxygens (including phenoxy) is 2. The minimum atomic E-state index is -4.65. The predicted octanol–water partition coefficient (Wildman–Crippen LogP) is 26.6. The molecule has 0 aromatic rings. The summed E-state index contributed by atoms with van der Waals surface area (Å²) < 4.78 is 34.4. The van der Waals surface area contributed by atoms with Crippen LogP contribution < -0.4 is 4.89 Å². The first-order valence-electron chi connectivity index (χ1n) is 40.5. The summed E-state index contributed by atoms with van der Waals surface area (Å²) in [5.41, 5.74) is 0. The number of hydrogen-bond donors (Lipinski definition) is 0. The van der Waals surface area contributed by atoms with Crippen molar-refractivity contribution in [1.82, 2.24) is 0 Å². The lowest BCUT2D eigenvalue weighted by molar-refractivity contribution is -0.870. The summed E-state index contributed by atoms with van der Waals surface area (Å²) in [5, 5.41) is 0. The molecule has 0 aromatic carbocycles. The maximum Gasteiger partial charge on any atom is 0.306 e. The Kier molecular flexibility index (Phi) is 73.8. The number of allylic oxidation sites excluding steroid dienone is 24. The van der Waals surface area contributed by atoms with Crippen LogP contribution in [0.3, 0.4) is 0 Å². The minimum Gasteiger partial charge on any atom is -0.756 e. The number of phosphoric acid groups is 1. The maximum atomic E-state index is 12.9. The first-order chi connectivity index (χ1) is 48.0. The highest BCUT2D eigenvalue weighted by molar-refractivity contribution is 7.45. The predicted molar refractivity (Wildman–Crippen MR) is 424 cm³/mol. The van der Waals surface area contributed by atoms with Crippen LogP contribution in [0, 0.1) is 0 Å². The van der Waals surface area contributed by atoms with Crippen LogP contribution in [0.2, 0.25) is 0 Å². The SMILES string of the molecule is CC/C=C\C/C=C\C/C=C\C/C=C\C/C=C\C/C=C\C/C=C\C/C=C\CCCCCCCCCCCCC(=O)OC(COC(=O)CCCCCCCCCCCCCCCCCCCCCCCCCCCC/C=C\C/C=C\C/C=C\C/C=C\CC)COP(=O)([O-])OCC[N+](C)(C)C. The highest BCUT2D eigenvalue weighted by Crippen LogP contribution is 2.38. The molecule has 0 saturated heterocycles. The molecule has 0 spiro atoms. The lowest BCUT2D eigenvalue weighted by Gasteiger charge is -2.28. The van der Waals surface area contributed by atoms with Crippen molar-refractivity contribution < 1.29 is 42.1 Å². The fourth-order valence-electron chi connectivity index (χ4n) is 11.3. The van der Waals surface area contributed by atoms with Gasteiger partial charge in [0.05, 0.1) is 27.7 Å². The number of likely N-dealkylation sites (N-methyl/N-ethyl adjacent to an activating group) is 1. The van der Waals surface area contributed by atoms with Gasteiger partial charge in [0.1, 0.15) is 19.8 Å². The van der Waals surface area contributed by atoms with E-state index in [0.29, 0.717) is 17.4 Å². The number of phosphoric ester groups is 1. The average Bonchev–Trinajstić information content (AvgIpc) is 1.08. The quantitative estimate of drug-likeness (QED) is 0.0195. The Balaban J connectivity index is 3.97. The van der Waals surface area contributed by atoms with Crippen molar-refractivity contribution in [3.63, 3.8) is 0 Å². The number of rotatable bonds is 74. The third-order valence-electron chi connectivity index (χ3n) is 17.4. The summed E-state index contributed by atoms with van der Waals surface area (Å²) >= 11 is 0. The van der Waals surface area contributed by atoms with Gasteiger partial charge in [-0.05, 0) is 116 Å². The Bertz CT molecular complexity index is 2170. The second kappa shape index (κ2) is 77.1. The van der Waals surface area contributed by atoms with Crippen LogP contribution in [0.1, 0.15) is 348 Å². The van der Waals surface area contributed by atoms with E-state index in [1.165, 1.54) is 193 Å². The third-order valence-corrected chi connectivity index (χ3v) is 18.3. The van der Waals surface area contributed by atoms with Crippen LogP contribution in [0.5, 0.6) is 0 Å². The number of esters is 2. The van der Waals surface area contributed by atoms with Crippen molar-refractivity contribution in [3.05, 3.63) is 146 Å². The molecule has 2 atom stereocenters. The molecule has 0 N–H and O–H groups in total. The third kappa shape index (κ3) is 80.9. The summed E-state index contributed by atoms with van der Waals surface area (Å²) in [5.74, 6) is -0.831. The van der Waals surface area contributed by atoms with Gasteiger partial charge >= 0.3 is 11.9 Å². The molecule has 0 bridgehead atoms. The van der Waals surface area contributed by atoms with Gasteiger partial charge in [0, 0.05) is 12.8 Å². The van der Waals surface area contributed by atoms with Crippen molar-refractivity contribution in [1.29, 1.82) is 0 Å². The Morgan fingerprint density at radius 2 is 0.551 bits per heavy atom. The van der Waals surface area contributed by atoms with Crippen LogP contribution in [-0.4, -0.2) is 70.0 Å². The van der Waals surface area contributed by atoms with Gasteiger partial charge in [0.15, 0.2) is 6.10 Å². The molecule has 0 aliphatic carbocycles. The smallest absolute Gasteiger partial charge is 0.306 e. The normalized spacial score (nSPS) is 13.8. The lowest BCUT2D eigenvalue weighted by Crippen LogP contribution is -2.37. The van der Waals surface area contributed by atoms with E-state index in [0.717, 1.165) is 122 Å². The van der Waals surface area contributed by atoms with E-state index >= 15 is 0 Å². The highest BCUT2D eigenvalue weighted by atomic mass is 31.2. The standard InChI is InChI=1S/C88H152NO8P/c1-6-8-10-12-14-16-18-20-22-24-26-28-30-32-34-36-38-40-42-43-44-45-47-48-50-52-54-56-58-60-62-64-66-68-70-72-74-76-78-80-87(90)94-84-86(85-96-98(92,93)95-83-82-89(3,4)5)97-88(91)81-79-77-75-73-71-69-67-65-63-61-59-57-55-53-51-49-46-41-39-37-35-33-31-29-27-25-23-21-19-17-15-13-11-9-7-2/h8-11,14-17,20-23,26-29,33,35,39,41,49,51,55,57,86H,6-7,12-13,18-19,24-25,30-32,34,36-38,40,42-48,50,52-54,56,58-85H2,1-5H3/b10-8-,11-9-,16-14-,17-15-,22-20-,23-21-,28-26-,29-27-,35-33-,41-39-,51-49-,57-55-. The zero-order valence-corrected chi connectivity index (χ0v) is 65.1. The molecule has 2 unspecified atom stereocenters. The number of nitrogens with zero attached hydrogens (tertiary/aromatic N) is 1. The molecular formula is C88H152NO8P. The molecule has 10 heteroatoms. The van der Waals surface area contributed by atoms with Gasteiger partial charge in [-0.15, -0.1) is 0 Å².